The third kappa shape index (κ3) is 3.38. The van der Waals surface area contributed by atoms with Crippen molar-refractivity contribution in [3.63, 3.8) is 0 Å². The summed E-state index contributed by atoms with van der Waals surface area (Å²) in [5, 5.41) is 1.56. The highest BCUT2D eigenvalue weighted by atomic mass is 35.5. The van der Waals surface area contributed by atoms with E-state index in [0.717, 1.165) is 4.88 Å². The van der Waals surface area contributed by atoms with Crippen molar-refractivity contribution < 1.29 is 12.8 Å². The second kappa shape index (κ2) is 6.22. The van der Waals surface area contributed by atoms with Gasteiger partial charge in [-0.15, -0.1) is 22.9 Å². The second-order valence-corrected chi connectivity index (χ2v) is 7.58. The predicted octanol–water partition coefficient (Wildman–Crippen LogP) is 3.45. The number of nitrogens with zero attached hydrogens (tertiary/aromatic N) is 1. The van der Waals surface area contributed by atoms with E-state index in [9.17, 15) is 12.8 Å². The minimum absolute atomic E-state index is 0.117. The first-order valence-corrected chi connectivity index (χ1v) is 8.63. The van der Waals surface area contributed by atoms with Crippen molar-refractivity contribution >= 4 is 33.0 Å². The molecule has 0 N–H and O–H groups in total. The Morgan fingerprint density at radius 1 is 1.35 bits per heavy atom. The number of benzene rings is 1. The third-order valence-corrected chi connectivity index (χ3v) is 6.08. The van der Waals surface area contributed by atoms with E-state index >= 15 is 0 Å². The minimum Gasteiger partial charge on any atom is -0.207 e. The van der Waals surface area contributed by atoms with E-state index in [-0.39, 0.29) is 23.1 Å². The van der Waals surface area contributed by atoms with Crippen LogP contribution in [0.3, 0.4) is 0 Å². The molecule has 0 amide bonds. The van der Waals surface area contributed by atoms with Crippen molar-refractivity contribution in [2.45, 2.75) is 17.3 Å². The summed E-state index contributed by atoms with van der Waals surface area (Å²) in [7, 11) is -2.11. The Morgan fingerprint density at radius 3 is 2.70 bits per heavy atom. The monoisotopic (exact) mass is 333 g/mol. The van der Waals surface area contributed by atoms with Crippen molar-refractivity contribution in [1.29, 1.82) is 0 Å². The summed E-state index contributed by atoms with van der Waals surface area (Å²) >= 11 is 6.98. The van der Waals surface area contributed by atoms with Gasteiger partial charge in [-0.2, -0.15) is 4.31 Å². The zero-order chi connectivity index (χ0) is 14.8. The second-order valence-electron chi connectivity index (χ2n) is 4.27. The molecule has 1 heterocycles. The lowest BCUT2D eigenvalue weighted by atomic mass is 10.2. The first kappa shape index (κ1) is 15.4. The van der Waals surface area contributed by atoms with E-state index in [1.54, 1.807) is 23.6 Å². The highest BCUT2D eigenvalue weighted by Gasteiger charge is 2.22. The molecule has 0 spiro atoms. The number of sulfonamides is 1. The molecule has 0 saturated heterocycles. The van der Waals surface area contributed by atoms with Gasteiger partial charge in [-0.05, 0) is 23.8 Å². The lowest BCUT2D eigenvalue weighted by Gasteiger charge is -2.16. The standard InChI is InChI=1S/C13H13ClFNO2S2/c1-16(8-10-3-2-4-11(15)5-10)20(17,18)13-6-12(7-14)19-9-13/h2-6,9H,7-8H2,1H3. The maximum atomic E-state index is 13.1. The van der Waals surface area contributed by atoms with Gasteiger partial charge in [0.05, 0.1) is 10.8 Å². The molecule has 0 saturated carbocycles. The van der Waals surface area contributed by atoms with E-state index < -0.39 is 10.0 Å². The summed E-state index contributed by atoms with van der Waals surface area (Å²) in [6, 6.07) is 7.46. The van der Waals surface area contributed by atoms with Crippen LogP contribution in [0.4, 0.5) is 4.39 Å². The first-order chi connectivity index (χ1) is 9.43. The molecule has 0 fully saturated rings. The molecule has 1 aromatic heterocycles. The molecule has 0 aliphatic carbocycles. The van der Waals surface area contributed by atoms with Crippen LogP contribution in [0.5, 0.6) is 0 Å². The topological polar surface area (TPSA) is 37.4 Å². The van der Waals surface area contributed by atoms with Crippen LogP contribution in [0.15, 0.2) is 40.6 Å². The zero-order valence-corrected chi connectivity index (χ0v) is 13.1. The van der Waals surface area contributed by atoms with Crippen molar-refractivity contribution in [3.05, 3.63) is 52.0 Å². The van der Waals surface area contributed by atoms with Crippen molar-refractivity contribution in [2.75, 3.05) is 7.05 Å². The highest BCUT2D eigenvalue weighted by Crippen LogP contribution is 2.24. The lowest BCUT2D eigenvalue weighted by molar-refractivity contribution is 0.465. The number of halogens is 2. The Balaban J connectivity index is 2.21. The number of thiophene rings is 1. The third-order valence-electron chi connectivity index (χ3n) is 2.76. The van der Waals surface area contributed by atoms with Crippen LogP contribution < -0.4 is 0 Å². The Bertz CT molecular complexity index is 700. The van der Waals surface area contributed by atoms with E-state index in [1.165, 1.54) is 34.8 Å². The maximum absolute atomic E-state index is 13.1. The lowest BCUT2D eigenvalue weighted by Crippen LogP contribution is -2.26. The summed E-state index contributed by atoms with van der Waals surface area (Å²) in [5.74, 6) is -0.0957. The van der Waals surface area contributed by atoms with E-state index in [1.807, 2.05) is 0 Å². The van der Waals surface area contributed by atoms with Crippen LogP contribution in [0.1, 0.15) is 10.4 Å². The number of hydrogen-bond acceptors (Lipinski definition) is 3. The molecule has 7 heteroatoms. The quantitative estimate of drug-likeness (QED) is 0.786. The SMILES string of the molecule is CN(Cc1cccc(F)c1)S(=O)(=O)c1csc(CCl)c1. The van der Waals surface area contributed by atoms with Gasteiger partial charge in [0.15, 0.2) is 0 Å². The average Bonchev–Trinajstić information content (AvgIpc) is 2.88. The van der Waals surface area contributed by atoms with Crippen LogP contribution in [0, 0.1) is 5.82 Å². The molecule has 2 rings (SSSR count). The fourth-order valence-corrected chi connectivity index (χ4v) is 4.26. The van der Waals surface area contributed by atoms with Crippen LogP contribution >= 0.6 is 22.9 Å². The molecule has 0 bridgehead atoms. The molecule has 0 aliphatic rings. The zero-order valence-electron chi connectivity index (χ0n) is 10.7. The van der Waals surface area contributed by atoms with Gasteiger partial charge in [0, 0.05) is 23.8 Å². The average molecular weight is 334 g/mol. The molecule has 108 valence electrons. The van der Waals surface area contributed by atoms with Gasteiger partial charge < -0.3 is 0 Å². The fourth-order valence-electron chi connectivity index (χ4n) is 1.72. The molecule has 0 atom stereocenters. The van der Waals surface area contributed by atoms with Gasteiger partial charge >= 0.3 is 0 Å². The van der Waals surface area contributed by atoms with Crippen LogP contribution in [-0.2, 0) is 22.4 Å². The van der Waals surface area contributed by atoms with Crippen molar-refractivity contribution in [3.8, 4) is 0 Å². The van der Waals surface area contributed by atoms with Crippen LogP contribution in [-0.4, -0.2) is 19.8 Å². The molecule has 1 aromatic carbocycles. The minimum atomic E-state index is -3.58. The normalized spacial score (nSPS) is 12.0. The molecule has 20 heavy (non-hydrogen) atoms. The number of alkyl halides is 1. The fraction of sp³-hybridized carbons (Fsp3) is 0.231. The maximum Gasteiger partial charge on any atom is 0.243 e. The highest BCUT2D eigenvalue weighted by molar-refractivity contribution is 7.89. The van der Waals surface area contributed by atoms with E-state index in [4.69, 9.17) is 11.6 Å². The van der Waals surface area contributed by atoms with Gasteiger partial charge in [-0.3, -0.25) is 0 Å². The summed E-state index contributed by atoms with van der Waals surface area (Å²) in [6.45, 7) is 0.117. The van der Waals surface area contributed by atoms with E-state index in [0.29, 0.717) is 5.56 Å². The summed E-state index contributed by atoms with van der Waals surface area (Å²) in [4.78, 5) is 1.02. The Kier molecular flexibility index (Phi) is 4.80. The first-order valence-electron chi connectivity index (χ1n) is 5.77. The summed E-state index contributed by atoms with van der Waals surface area (Å²) < 4.78 is 39.0. The number of rotatable bonds is 5. The number of hydrogen-bond donors (Lipinski definition) is 0. The van der Waals surface area contributed by atoms with Crippen LogP contribution in [0.25, 0.3) is 0 Å². The van der Waals surface area contributed by atoms with Crippen LogP contribution in [0.2, 0.25) is 0 Å². The molecule has 0 aliphatic heterocycles. The van der Waals surface area contributed by atoms with Gasteiger partial charge in [-0.25, -0.2) is 12.8 Å². The van der Waals surface area contributed by atoms with E-state index in [2.05, 4.69) is 0 Å². The molecule has 2 aromatic rings. The molecular formula is C13H13ClFNO2S2. The predicted molar refractivity (Wildman–Crippen MR) is 78.9 cm³/mol. The van der Waals surface area contributed by atoms with Gasteiger partial charge in [-0.1, -0.05) is 12.1 Å². The smallest absolute Gasteiger partial charge is 0.207 e. The molecule has 0 radical (unpaired) electrons. The molecular weight excluding hydrogens is 321 g/mol. The Hall–Kier alpha value is -0.950. The Labute approximate surface area is 126 Å². The summed E-state index contributed by atoms with van der Waals surface area (Å²) in [5.41, 5.74) is 0.601. The largest absolute Gasteiger partial charge is 0.243 e. The van der Waals surface area contributed by atoms with Crippen molar-refractivity contribution in [2.24, 2.45) is 0 Å². The van der Waals surface area contributed by atoms with Crippen molar-refractivity contribution in [1.82, 2.24) is 4.31 Å². The molecule has 0 unspecified atom stereocenters. The van der Waals surface area contributed by atoms with Gasteiger partial charge in [0.1, 0.15) is 5.82 Å². The molecule has 3 nitrogen and oxygen atoms in total. The summed E-state index contributed by atoms with van der Waals surface area (Å²) in [6.07, 6.45) is 0. The van der Waals surface area contributed by atoms with Gasteiger partial charge in [0.25, 0.3) is 0 Å². The van der Waals surface area contributed by atoms with Gasteiger partial charge in [0.2, 0.25) is 10.0 Å². The Morgan fingerprint density at radius 2 is 2.10 bits per heavy atom.